The van der Waals surface area contributed by atoms with Gasteiger partial charge in [-0.2, -0.15) is 4.31 Å². The normalized spacial score (nSPS) is 14.9. The molecule has 3 heterocycles. The lowest BCUT2D eigenvalue weighted by Crippen LogP contribution is -2.49. The van der Waals surface area contributed by atoms with Gasteiger partial charge in [0.05, 0.1) is 6.61 Å². The molecule has 3 aromatic rings. The number of halogens is 1. The maximum atomic E-state index is 13.3. The van der Waals surface area contributed by atoms with E-state index in [0.717, 1.165) is 5.69 Å². The summed E-state index contributed by atoms with van der Waals surface area (Å²) in [5, 5.41) is 11.7. The molecule has 2 aromatic heterocycles. The van der Waals surface area contributed by atoms with Crippen molar-refractivity contribution in [3.8, 4) is 5.75 Å². The molecule has 0 aliphatic carbocycles. The first kappa shape index (κ1) is 22.4. The van der Waals surface area contributed by atoms with Crippen LogP contribution in [0.25, 0.3) is 0 Å². The summed E-state index contributed by atoms with van der Waals surface area (Å²) < 4.78 is 34.2. The molecule has 1 saturated heterocycles. The standard InChI is InChI=1S/C21H23BrN6O3S/c1-2-31-18-4-3-16(22)15-19(18)32(29,30)28-13-11-27(12-14-28)21-6-5-20(25-26-21)24-17-7-9-23-10-8-17/h3-10,15H,2,11-14H2,1H3,(H,23,24,25). The van der Waals surface area contributed by atoms with Gasteiger partial charge in [-0.05, 0) is 49.4 Å². The average molecular weight is 519 g/mol. The number of hydrogen-bond acceptors (Lipinski definition) is 8. The summed E-state index contributed by atoms with van der Waals surface area (Å²) in [6, 6.07) is 12.5. The monoisotopic (exact) mass is 518 g/mol. The fourth-order valence-corrected chi connectivity index (χ4v) is 5.49. The second-order valence-corrected chi connectivity index (χ2v) is 9.87. The number of nitrogens with one attached hydrogen (secondary N) is 1. The number of anilines is 3. The second-order valence-electron chi connectivity index (χ2n) is 7.05. The van der Waals surface area contributed by atoms with E-state index in [2.05, 4.69) is 36.4 Å². The van der Waals surface area contributed by atoms with Crippen molar-refractivity contribution in [1.82, 2.24) is 19.5 Å². The van der Waals surface area contributed by atoms with Crippen molar-refractivity contribution in [3.05, 3.63) is 59.3 Å². The molecular formula is C21H23BrN6O3S. The fourth-order valence-electron chi connectivity index (χ4n) is 3.40. The molecule has 0 bridgehead atoms. The van der Waals surface area contributed by atoms with E-state index in [0.29, 0.717) is 54.6 Å². The summed E-state index contributed by atoms with van der Waals surface area (Å²) in [6.07, 6.45) is 3.40. The van der Waals surface area contributed by atoms with Crippen molar-refractivity contribution in [2.75, 3.05) is 43.0 Å². The lowest BCUT2D eigenvalue weighted by atomic mass is 10.3. The van der Waals surface area contributed by atoms with Gasteiger partial charge in [0.1, 0.15) is 10.6 Å². The van der Waals surface area contributed by atoms with Crippen LogP contribution in [0, 0.1) is 0 Å². The number of piperazine rings is 1. The summed E-state index contributed by atoms with van der Waals surface area (Å²) in [4.78, 5) is 6.19. The van der Waals surface area contributed by atoms with Crippen LogP contribution in [-0.4, -0.2) is 60.7 Å². The van der Waals surface area contributed by atoms with Gasteiger partial charge in [-0.1, -0.05) is 15.9 Å². The van der Waals surface area contributed by atoms with Crippen LogP contribution in [0.3, 0.4) is 0 Å². The van der Waals surface area contributed by atoms with Gasteiger partial charge in [-0.15, -0.1) is 10.2 Å². The smallest absolute Gasteiger partial charge is 0.246 e. The van der Waals surface area contributed by atoms with E-state index in [-0.39, 0.29) is 4.90 Å². The van der Waals surface area contributed by atoms with Crippen molar-refractivity contribution in [2.24, 2.45) is 0 Å². The summed E-state index contributed by atoms with van der Waals surface area (Å²) in [5.41, 5.74) is 0.875. The van der Waals surface area contributed by atoms with Crippen LogP contribution in [0.2, 0.25) is 0 Å². The summed E-state index contributed by atoms with van der Waals surface area (Å²) >= 11 is 3.36. The third-order valence-corrected chi connectivity index (χ3v) is 7.40. The van der Waals surface area contributed by atoms with Gasteiger partial charge >= 0.3 is 0 Å². The molecule has 32 heavy (non-hydrogen) atoms. The SMILES string of the molecule is CCOc1ccc(Br)cc1S(=O)(=O)N1CCN(c2ccc(Nc3ccncc3)nn2)CC1. The highest BCUT2D eigenvalue weighted by molar-refractivity contribution is 9.10. The minimum atomic E-state index is -3.68. The van der Waals surface area contributed by atoms with Crippen molar-refractivity contribution >= 4 is 43.3 Å². The zero-order valence-electron chi connectivity index (χ0n) is 17.5. The van der Waals surface area contributed by atoms with Crippen LogP contribution in [0.4, 0.5) is 17.3 Å². The summed E-state index contributed by atoms with van der Waals surface area (Å²) in [6.45, 7) is 3.95. The maximum Gasteiger partial charge on any atom is 0.246 e. The van der Waals surface area contributed by atoms with Crippen molar-refractivity contribution in [3.63, 3.8) is 0 Å². The molecule has 1 aromatic carbocycles. The van der Waals surface area contributed by atoms with Gasteiger partial charge in [-0.3, -0.25) is 4.98 Å². The molecule has 1 fully saturated rings. The highest BCUT2D eigenvalue weighted by Gasteiger charge is 2.31. The van der Waals surface area contributed by atoms with E-state index in [9.17, 15) is 8.42 Å². The Hall–Kier alpha value is -2.76. The number of rotatable bonds is 7. The molecule has 1 aliphatic rings. The number of aromatic nitrogens is 3. The van der Waals surface area contributed by atoms with E-state index < -0.39 is 10.0 Å². The maximum absolute atomic E-state index is 13.3. The van der Waals surface area contributed by atoms with Crippen LogP contribution in [0.15, 0.2) is 64.2 Å². The Balaban J connectivity index is 1.42. The van der Waals surface area contributed by atoms with E-state index in [1.54, 1.807) is 30.6 Å². The Kier molecular flexibility index (Phi) is 6.87. The fraction of sp³-hybridized carbons (Fsp3) is 0.286. The van der Waals surface area contributed by atoms with Gasteiger partial charge in [0.15, 0.2) is 11.6 Å². The number of pyridine rings is 1. The molecule has 0 amide bonds. The highest BCUT2D eigenvalue weighted by atomic mass is 79.9. The van der Waals surface area contributed by atoms with Crippen molar-refractivity contribution in [1.29, 1.82) is 0 Å². The van der Waals surface area contributed by atoms with Crippen LogP contribution in [0.1, 0.15) is 6.92 Å². The molecule has 0 spiro atoms. The highest BCUT2D eigenvalue weighted by Crippen LogP contribution is 2.31. The van der Waals surface area contributed by atoms with Crippen LogP contribution < -0.4 is 15.0 Å². The van der Waals surface area contributed by atoms with E-state index in [1.807, 2.05) is 36.1 Å². The first-order valence-electron chi connectivity index (χ1n) is 10.2. The molecule has 4 rings (SSSR count). The molecule has 11 heteroatoms. The van der Waals surface area contributed by atoms with Crippen LogP contribution in [-0.2, 0) is 10.0 Å². The summed E-state index contributed by atoms with van der Waals surface area (Å²) in [7, 11) is -3.68. The lowest BCUT2D eigenvalue weighted by molar-refractivity contribution is 0.327. The molecule has 168 valence electrons. The van der Waals surface area contributed by atoms with Gasteiger partial charge in [0.2, 0.25) is 10.0 Å². The zero-order chi connectivity index (χ0) is 22.6. The predicted molar refractivity (Wildman–Crippen MR) is 126 cm³/mol. The minimum absolute atomic E-state index is 0.175. The Morgan fingerprint density at radius 3 is 2.44 bits per heavy atom. The first-order chi connectivity index (χ1) is 15.5. The summed E-state index contributed by atoms with van der Waals surface area (Å²) in [5.74, 6) is 1.69. The van der Waals surface area contributed by atoms with Gasteiger partial charge in [0, 0.05) is 48.7 Å². The van der Waals surface area contributed by atoms with Crippen LogP contribution in [0.5, 0.6) is 5.75 Å². The third-order valence-electron chi connectivity index (χ3n) is 4.99. The number of hydrogen-bond donors (Lipinski definition) is 1. The number of nitrogens with zero attached hydrogens (tertiary/aromatic N) is 5. The van der Waals surface area contributed by atoms with E-state index in [1.165, 1.54) is 4.31 Å². The largest absolute Gasteiger partial charge is 0.492 e. The Labute approximate surface area is 195 Å². The number of benzene rings is 1. The molecular weight excluding hydrogens is 496 g/mol. The molecule has 1 aliphatic heterocycles. The van der Waals surface area contributed by atoms with Crippen LogP contribution >= 0.6 is 15.9 Å². The quantitative estimate of drug-likeness (QED) is 0.508. The zero-order valence-corrected chi connectivity index (χ0v) is 19.9. The lowest BCUT2D eigenvalue weighted by Gasteiger charge is -2.34. The topological polar surface area (TPSA) is 101 Å². The van der Waals surface area contributed by atoms with Gasteiger partial charge in [0.25, 0.3) is 0 Å². The number of sulfonamides is 1. The van der Waals surface area contributed by atoms with E-state index in [4.69, 9.17) is 4.74 Å². The molecule has 0 saturated carbocycles. The molecule has 0 unspecified atom stereocenters. The molecule has 0 atom stereocenters. The number of ether oxygens (including phenoxy) is 1. The molecule has 0 radical (unpaired) electrons. The first-order valence-corrected chi connectivity index (χ1v) is 12.4. The van der Waals surface area contributed by atoms with Crippen molar-refractivity contribution < 1.29 is 13.2 Å². The average Bonchev–Trinajstić information content (AvgIpc) is 2.82. The van der Waals surface area contributed by atoms with Gasteiger partial charge < -0.3 is 15.0 Å². The Morgan fingerprint density at radius 2 is 1.78 bits per heavy atom. The minimum Gasteiger partial charge on any atom is -0.492 e. The second kappa shape index (κ2) is 9.80. The van der Waals surface area contributed by atoms with E-state index >= 15 is 0 Å². The van der Waals surface area contributed by atoms with Crippen molar-refractivity contribution in [2.45, 2.75) is 11.8 Å². The molecule has 1 N–H and O–H groups in total. The Bertz CT molecular complexity index is 1150. The molecule has 9 nitrogen and oxygen atoms in total. The Morgan fingerprint density at radius 1 is 1.03 bits per heavy atom. The van der Waals surface area contributed by atoms with Gasteiger partial charge in [-0.25, -0.2) is 8.42 Å². The third kappa shape index (κ3) is 5.00. The predicted octanol–water partition coefficient (Wildman–Crippen LogP) is 3.29.